The fourth-order valence-corrected chi connectivity index (χ4v) is 2.09. The fraction of sp³-hybridized carbons (Fsp3) is 0.263. The Morgan fingerprint density at radius 2 is 1.75 bits per heavy atom. The molecule has 0 aliphatic rings. The largest absolute Gasteiger partial charge is 0.490 e. The summed E-state index contributed by atoms with van der Waals surface area (Å²) in [5.41, 5.74) is 4.10. The van der Waals surface area contributed by atoms with E-state index < -0.39 is 0 Å². The van der Waals surface area contributed by atoms with Crippen molar-refractivity contribution >= 4 is 17.8 Å². The van der Waals surface area contributed by atoms with Gasteiger partial charge in [-0.15, -0.1) is 0 Å². The lowest BCUT2D eigenvalue weighted by atomic mass is 10.1. The molecule has 0 bridgehead atoms. The first-order valence-electron chi connectivity index (χ1n) is 7.77. The molecule has 1 N–H and O–H groups in total. The molecule has 0 saturated heterocycles. The lowest BCUT2D eigenvalue weighted by molar-refractivity contribution is -0.110. The third kappa shape index (κ3) is 5.76. The quantitative estimate of drug-likeness (QED) is 0.480. The van der Waals surface area contributed by atoms with E-state index in [0.29, 0.717) is 6.61 Å². The van der Waals surface area contributed by atoms with Crippen LogP contribution in [0.25, 0.3) is 0 Å². The van der Waals surface area contributed by atoms with Crippen LogP contribution in [0.1, 0.15) is 16.7 Å². The van der Waals surface area contributed by atoms with E-state index in [4.69, 9.17) is 9.57 Å². The van der Waals surface area contributed by atoms with Crippen LogP contribution in [0.4, 0.5) is 5.69 Å². The van der Waals surface area contributed by atoms with Crippen LogP contribution in [0.2, 0.25) is 0 Å². The highest BCUT2D eigenvalue weighted by atomic mass is 16.6. The number of oxime groups is 1. The molecule has 2 aromatic carbocycles. The van der Waals surface area contributed by atoms with E-state index in [1.54, 1.807) is 0 Å². The van der Waals surface area contributed by atoms with Gasteiger partial charge < -0.3 is 14.9 Å². The molecule has 0 unspecified atom stereocenters. The standard InChI is InChI=1S/C19H22N2O3/c1-14-4-7-17(8-5-14)23-10-11-24-20-13-19(22)21-18-9-6-15(2)12-16(18)3/h4-9,12-13H,10-11H2,1-3H3,(H,21,22)/b20-13-. The number of amides is 1. The zero-order chi connectivity index (χ0) is 17.4. The van der Waals surface area contributed by atoms with Crippen molar-refractivity contribution < 1.29 is 14.4 Å². The minimum Gasteiger partial charge on any atom is -0.490 e. The molecule has 24 heavy (non-hydrogen) atoms. The normalized spacial score (nSPS) is 10.6. The number of benzene rings is 2. The SMILES string of the molecule is Cc1ccc(OCCO/N=C\C(=O)Nc2ccc(C)cc2C)cc1. The highest BCUT2D eigenvalue weighted by Gasteiger charge is 2.02. The molecule has 0 spiro atoms. The second-order valence-corrected chi connectivity index (χ2v) is 5.54. The van der Waals surface area contributed by atoms with Crippen LogP contribution < -0.4 is 10.1 Å². The van der Waals surface area contributed by atoms with Crippen LogP contribution in [0.15, 0.2) is 47.6 Å². The zero-order valence-electron chi connectivity index (χ0n) is 14.2. The molecular formula is C19H22N2O3. The number of carbonyl (C=O) groups excluding carboxylic acids is 1. The van der Waals surface area contributed by atoms with Gasteiger partial charge in [0.25, 0.3) is 5.91 Å². The fourth-order valence-electron chi connectivity index (χ4n) is 2.09. The van der Waals surface area contributed by atoms with Crippen molar-refractivity contribution in [3.8, 4) is 5.75 Å². The number of carbonyl (C=O) groups is 1. The molecule has 0 aliphatic carbocycles. The second-order valence-electron chi connectivity index (χ2n) is 5.54. The van der Waals surface area contributed by atoms with Crippen molar-refractivity contribution in [2.45, 2.75) is 20.8 Å². The van der Waals surface area contributed by atoms with Crippen LogP contribution in [-0.4, -0.2) is 25.3 Å². The summed E-state index contributed by atoms with van der Waals surface area (Å²) >= 11 is 0. The number of nitrogens with zero attached hydrogens (tertiary/aromatic N) is 1. The topological polar surface area (TPSA) is 59.9 Å². The number of ether oxygens (including phenoxy) is 1. The third-order valence-corrected chi connectivity index (χ3v) is 3.35. The number of hydrogen-bond donors (Lipinski definition) is 1. The first kappa shape index (κ1) is 17.5. The van der Waals surface area contributed by atoms with Gasteiger partial charge in [-0.1, -0.05) is 40.5 Å². The molecule has 0 aliphatic heterocycles. The molecule has 5 nitrogen and oxygen atoms in total. The van der Waals surface area contributed by atoms with Gasteiger partial charge in [-0.3, -0.25) is 4.79 Å². The number of hydrogen-bond acceptors (Lipinski definition) is 4. The van der Waals surface area contributed by atoms with Crippen LogP contribution in [0.3, 0.4) is 0 Å². The molecule has 2 aromatic rings. The first-order chi connectivity index (χ1) is 11.5. The van der Waals surface area contributed by atoms with Gasteiger partial charge in [0.2, 0.25) is 0 Å². The van der Waals surface area contributed by atoms with Gasteiger partial charge in [-0.05, 0) is 44.5 Å². The number of rotatable bonds is 7. The predicted molar refractivity (Wildman–Crippen MR) is 95.7 cm³/mol. The van der Waals surface area contributed by atoms with Crippen LogP contribution in [-0.2, 0) is 9.63 Å². The summed E-state index contributed by atoms with van der Waals surface area (Å²) in [6, 6.07) is 13.6. The third-order valence-electron chi connectivity index (χ3n) is 3.35. The Kier molecular flexibility index (Phi) is 6.37. The minimum absolute atomic E-state index is 0.265. The molecule has 0 radical (unpaired) electrons. The van der Waals surface area contributed by atoms with Crippen molar-refractivity contribution in [1.29, 1.82) is 0 Å². The van der Waals surface area contributed by atoms with Crippen molar-refractivity contribution in [2.75, 3.05) is 18.5 Å². The smallest absolute Gasteiger partial charge is 0.270 e. The molecule has 0 aromatic heterocycles. The molecule has 0 atom stereocenters. The van der Waals surface area contributed by atoms with E-state index in [0.717, 1.165) is 28.8 Å². The van der Waals surface area contributed by atoms with Gasteiger partial charge >= 0.3 is 0 Å². The molecule has 0 saturated carbocycles. The summed E-state index contributed by atoms with van der Waals surface area (Å²) in [6.07, 6.45) is 1.12. The number of nitrogens with one attached hydrogen (secondary N) is 1. The zero-order valence-corrected chi connectivity index (χ0v) is 14.2. The van der Waals surface area contributed by atoms with Crippen molar-refractivity contribution in [2.24, 2.45) is 5.16 Å². The molecule has 0 heterocycles. The van der Waals surface area contributed by atoms with Gasteiger partial charge in [0.15, 0.2) is 6.61 Å². The second kappa shape index (κ2) is 8.72. The van der Waals surface area contributed by atoms with Gasteiger partial charge in [-0.2, -0.15) is 0 Å². The maximum Gasteiger partial charge on any atom is 0.270 e. The number of aryl methyl sites for hydroxylation is 3. The highest BCUT2D eigenvalue weighted by molar-refractivity contribution is 6.31. The van der Waals surface area contributed by atoms with Crippen LogP contribution in [0.5, 0.6) is 5.75 Å². The van der Waals surface area contributed by atoms with E-state index in [2.05, 4.69) is 10.5 Å². The summed E-state index contributed by atoms with van der Waals surface area (Å²) in [6.45, 7) is 6.59. The Hall–Kier alpha value is -2.82. The van der Waals surface area contributed by atoms with E-state index in [1.165, 1.54) is 5.56 Å². The molecule has 1 amide bonds. The van der Waals surface area contributed by atoms with Gasteiger partial charge in [0, 0.05) is 5.69 Å². The minimum atomic E-state index is -0.332. The first-order valence-corrected chi connectivity index (χ1v) is 7.77. The van der Waals surface area contributed by atoms with Crippen LogP contribution in [0, 0.1) is 20.8 Å². The van der Waals surface area contributed by atoms with Gasteiger partial charge in [-0.25, -0.2) is 0 Å². The maximum atomic E-state index is 11.8. The van der Waals surface area contributed by atoms with Crippen molar-refractivity contribution in [3.05, 3.63) is 59.2 Å². The predicted octanol–water partition coefficient (Wildman–Crippen LogP) is 3.63. The Labute approximate surface area is 142 Å². The maximum absolute atomic E-state index is 11.8. The highest BCUT2D eigenvalue weighted by Crippen LogP contribution is 2.15. The van der Waals surface area contributed by atoms with Crippen molar-refractivity contribution in [1.82, 2.24) is 0 Å². The summed E-state index contributed by atoms with van der Waals surface area (Å²) in [7, 11) is 0. The van der Waals surface area contributed by atoms with E-state index in [9.17, 15) is 4.79 Å². The molecule has 126 valence electrons. The lowest BCUT2D eigenvalue weighted by Gasteiger charge is -2.07. The molecule has 2 rings (SSSR count). The van der Waals surface area contributed by atoms with E-state index in [1.807, 2.05) is 63.2 Å². The summed E-state index contributed by atoms with van der Waals surface area (Å²) in [5.74, 6) is 0.446. The average molecular weight is 326 g/mol. The van der Waals surface area contributed by atoms with Crippen molar-refractivity contribution in [3.63, 3.8) is 0 Å². The monoisotopic (exact) mass is 326 g/mol. The van der Waals surface area contributed by atoms with Gasteiger partial charge in [0.1, 0.15) is 18.6 Å². The summed E-state index contributed by atoms with van der Waals surface area (Å²) in [4.78, 5) is 16.8. The Bertz CT molecular complexity index is 709. The average Bonchev–Trinajstić information content (AvgIpc) is 2.55. The van der Waals surface area contributed by atoms with Crippen LogP contribution >= 0.6 is 0 Å². The van der Waals surface area contributed by atoms with E-state index >= 15 is 0 Å². The summed E-state index contributed by atoms with van der Waals surface area (Å²) < 4.78 is 5.49. The number of anilines is 1. The molecule has 0 fully saturated rings. The van der Waals surface area contributed by atoms with E-state index in [-0.39, 0.29) is 12.5 Å². The Morgan fingerprint density at radius 3 is 2.46 bits per heavy atom. The Balaban J connectivity index is 1.68. The lowest BCUT2D eigenvalue weighted by Crippen LogP contribution is -2.14. The van der Waals surface area contributed by atoms with Gasteiger partial charge in [0.05, 0.1) is 0 Å². The molecule has 5 heteroatoms. The molecular weight excluding hydrogens is 304 g/mol. The summed E-state index contributed by atoms with van der Waals surface area (Å²) in [5, 5.41) is 6.40. The Morgan fingerprint density at radius 1 is 1.04 bits per heavy atom.